The first-order chi connectivity index (χ1) is 15.4. The van der Waals surface area contributed by atoms with Gasteiger partial charge in [0.05, 0.1) is 31.9 Å². The van der Waals surface area contributed by atoms with Gasteiger partial charge in [0, 0.05) is 10.6 Å². The zero-order chi connectivity index (χ0) is 23.1. The maximum Gasteiger partial charge on any atom is 0.189 e. The Hall–Kier alpha value is -3.15. The molecule has 0 aliphatic heterocycles. The van der Waals surface area contributed by atoms with Crippen molar-refractivity contribution < 1.29 is 23.7 Å². The number of ketones is 1. The fraction of sp³-hybridized carbons (Fsp3) is 0.160. The van der Waals surface area contributed by atoms with E-state index in [9.17, 15) is 4.79 Å². The van der Waals surface area contributed by atoms with Crippen LogP contribution in [0, 0.1) is 0 Å². The summed E-state index contributed by atoms with van der Waals surface area (Å²) in [7, 11) is 4.65. The summed E-state index contributed by atoms with van der Waals surface area (Å²) >= 11 is 12.1. The molecule has 0 saturated heterocycles. The van der Waals surface area contributed by atoms with E-state index in [1.807, 2.05) is 18.2 Å². The Morgan fingerprint density at radius 1 is 0.844 bits per heavy atom. The van der Waals surface area contributed by atoms with Crippen LogP contribution in [-0.4, -0.2) is 27.1 Å². The minimum Gasteiger partial charge on any atom is -0.497 e. The number of halogens is 2. The molecule has 0 fully saturated rings. The average molecular weight is 473 g/mol. The molecule has 7 heteroatoms. The van der Waals surface area contributed by atoms with Crippen LogP contribution in [0.1, 0.15) is 21.5 Å². The highest BCUT2D eigenvalue weighted by atomic mass is 35.5. The predicted molar refractivity (Wildman–Crippen MR) is 127 cm³/mol. The van der Waals surface area contributed by atoms with Gasteiger partial charge in [0.25, 0.3) is 0 Å². The fourth-order valence-corrected chi connectivity index (χ4v) is 3.49. The highest BCUT2D eigenvalue weighted by molar-refractivity contribution is 6.35. The molecule has 3 aromatic rings. The Morgan fingerprint density at radius 3 is 2.25 bits per heavy atom. The smallest absolute Gasteiger partial charge is 0.189 e. The molecule has 5 nitrogen and oxygen atoms in total. The quantitative estimate of drug-likeness (QED) is 0.263. The minimum absolute atomic E-state index is 0.206. The first-order valence-electron chi connectivity index (χ1n) is 9.64. The molecule has 0 heterocycles. The van der Waals surface area contributed by atoms with Gasteiger partial charge in [-0.3, -0.25) is 4.79 Å². The number of carbonyl (C=O) groups is 1. The molecule has 0 unspecified atom stereocenters. The molecule has 0 aromatic heterocycles. The van der Waals surface area contributed by atoms with Gasteiger partial charge < -0.3 is 18.9 Å². The van der Waals surface area contributed by atoms with Gasteiger partial charge in [-0.25, -0.2) is 0 Å². The second kappa shape index (κ2) is 10.9. The molecule has 0 aliphatic rings. The summed E-state index contributed by atoms with van der Waals surface area (Å²) in [6, 6.07) is 15.7. The number of allylic oxidation sites excluding steroid dienone is 1. The molecule has 3 rings (SSSR count). The van der Waals surface area contributed by atoms with Crippen molar-refractivity contribution in [1.82, 2.24) is 0 Å². The summed E-state index contributed by atoms with van der Waals surface area (Å²) in [5, 5.41) is 0.953. The zero-order valence-corrected chi connectivity index (χ0v) is 19.4. The lowest BCUT2D eigenvalue weighted by molar-refractivity contribution is 0.104. The van der Waals surface area contributed by atoms with Crippen LogP contribution in [0.3, 0.4) is 0 Å². The van der Waals surface area contributed by atoms with E-state index in [0.717, 1.165) is 11.1 Å². The maximum absolute atomic E-state index is 12.8. The third kappa shape index (κ3) is 5.75. The van der Waals surface area contributed by atoms with Gasteiger partial charge in [0.15, 0.2) is 5.78 Å². The molecule has 0 saturated carbocycles. The Bertz CT molecular complexity index is 1140. The van der Waals surface area contributed by atoms with Gasteiger partial charge >= 0.3 is 0 Å². The van der Waals surface area contributed by atoms with E-state index in [4.69, 9.17) is 42.1 Å². The van der Waals surface area contributed by atoms with Crippen molar-refractivity contribution >= 4 is 35.1 Å². The summed E-state index contributed by atoms with van der Waals surface area (Å²) in [6.45, 7) is 0.226. The fourth-order valence-electron chi connectivity index (χ4n) is 3.03. The van der Waals surface area contributed by atoms with E-state index < -0.39 is 0 Å². The van der Waals surface area contributed by atoms with Crippen LogP contribution in [0.15, 0.2) is 60.7 Å². The molecule has 32 heavy (non-hydrogen) atoms. The number of carbonyl (C=O) groups excluding carboxylic acids is 1. The third-order valence-electron chi connectivity index (χ3n) is 4.68. The van der Waals surface area contributed by atoms with Crippen LogP contribution in [0.5, 0.6) is 23.0 Å². The van der Waals surface area contributed by atoms with Crippen molar-refractivity contribution in [2.75, 3.05) is 21.3 Å². The molecular weight excluding hydrogens is 451 g/mol. The Balaban J connectivity index is 1.80. The van der Waals surface area contributed by atoms with Crippen LogP contribution in [-0.2, 0) is 6.61 Å². The molecule has 0 bridgehead atoms. The number of hydrogen-bond acceptors (Lipinski definition) is 5. The largest absolute Gasteiger partial charge is 0.497 e. The lowest BCUT2D eigenvalue weighted by atomic mass is 10.1. The molecule has 0 aliphatic carbocycles. The van der Waals surface area contributed by atoms with Gasteiger partial charge in [-0.15, -0.1) is 0 Å². The first kappa shape index (κ1) is 23.5. The van der Waals surface area contributed by atoms with E-state index in [2.05, 4.69) is 0 Å². The van der Waals surface area contributed by atoms with Crippen LogP contribution in [0.2, 0.25) is 10.0 Å². The Labute approximate surface area is 197 Å². The van der Waals surface area contributed by atoms with Gasteiger partial charge in [-0.1, -0.05) is 35.3 Å². The number of rotatable bonds is 9. The van der Waals surface area contributed by atoms with Crippen LogP contribution in [0.4, 0.5) is 0 Å². The Kier molecular flexibility index (Phi) is 8.03. The predicted octanol–water partition coefficient (Wildman–Crippen LogP) is 6.49. The van der Waals surface area contributed by atoms with E-state index in [-0.39, 0.29) is 12.4 Å². The van der Waals surface area contributed by atoms with Crippen molar-refractivity contribution in [3.05, 3.63) is 87.4 Å². The van der Waals surface area contributed by atoms with Crippen molar-refractivity contribution in [1.29, 1.82) is 0 Å². The zero-order valence-electron chi connectivity index (χ0n) is 17.9. The standard InChI is InChI=1S/C25H22Cl2O5/c1-29-19-7-11-24(31-3)20(14-19)22(28)8-4-16-5-9-23(30-2)17(12-16)15-32-25-10-6-18(26)13-21(25)27/h4-14H,15H2,1-3H3/b8-4+. The highest BCUT2D eigenvalue weighted by Gasteiger charge is 2.12. The molecular formula is C25H22Cl2O5. The number of methoxy groups -OCH3 is 3. The SMILES string of the molecule is COc1ccc(OC)c(C(=O)/C=C/c2ccc(OC)c(COc3ccc(Cl)cc3Cl)c2)c1. The molecule has 0 amide bonds. The lowest BCUT2D eigenvalue weighted by Crippen LogP contribution is -2.01. The van der Waals surface area contributed by atoms with Gasteiger partial charge in [0.2, 0.25) is 0 Å². The highest BCUT2D eigenvalue weighted by Crippen LogP contribution is 2.30. The van der Waals surface area contributed by atoms with E-state index in [1.54, 1.807) is 56.7 Å². The molecule has 166 valence electrons. The molecule has 0 atom stereocenters. The summed E-state index contributed by atoms with van der Waals surface area (Å²) < 4.78 is 21.8. The second-order valence-electron chi connectivity index (χ2n) is 6.70. The lowest BCUT2D eigenvalue weighted by Gasteiger charge is -2.12. The first-order valence-corrected chi connectivity index (χ1v) is 10.4. The normalized spacial score (nSPS) is 10.8. The van der Waals surface area contributed by atoms with Crippen LogP contribution >= 0.6 is 23.2 Å². The molecule has 0 radical (unpaired) electrons. The summed E-state index contributed by atoms with van der Waals surface area (Å²) in [5.74, 6) is 2.02. The van der Waals surface area contributed by atoms with Crippen LogP contribution in [0.25, 0.3) is 6.08 Å². The molecule has 3 aromatic carbocycles. The second-order valence-corrected chi connectivity index (χ2v) is 7.54. The van der Waals surface area contributed by atoms with Crippen molar-refractivity contribution in [3.63, 3.8) is 0 Å². The number of benzene rings is 3. The van der Waals surface area contributed by atoms with E-state index >= 15 is 0 Å². The van der Waals surface area contributed by atoms with Crippen LogP contribution < -0.4 is 18.9 Å². The van der Waals surface area contributed by atoms with Crippen molar-refractivity contribution in [3.8, 4) is 23.0 Å². The van der Waals surface area contributed by atoms with Gasteiger partial charge in [-0.05, 0) is 60.2 Å². The average Bonchev–Trinajstić information content (AvgIpc) is 2.81. The number of ether oxygens (including phenoxy) is 4. The topological polar surface area (TPSA) is 54.0 Å². The molecule has 0 spiro atoms. The van der Waals surface area contributed by atoms with Gasteiger partial charge in [-0.2, -0.15) is 0 Å². The summed E-state index contributed by atoms with van der Waals surface area (Å²) in [4.78, 5) is 12.8. The van der Waals surface area contributed by atoms with Crippen molar-refractivity contribution in [2.24, 2.45) is 0 Å². The molecule has 0 N–H and O–H groups in total. The van der Waals surface area contributed by atoms with E-state index in [0.29, 0.717) is 38.6 Å². The van der Waals surface area contributed by atoms with E-state index in [1.165, 1.54) is 13.2 Å². The summed E-state index contributed by atoms with van der Waals surface area (Å²) in [5.41, 5.74) is 2.02. The maximum atomic E-state index is 12.8. The monoisotopic (exact) mass is 472 g/mol. The third-order valence-corrected chi connectivity index (χ3v) is 5.21. The minimum atomic E-state index is -0.206. The summed E-state index contributed by atoms with van der Waals surface area (Å²) in [6.07, 6.45) is 3.21. The Morgan fingerprint density at radius 2 is 1.56 bits per heavy atom. The van der Waals surface area contributed by atoms with Gasteiger partial charge in [0.1, 0.15) is 29.6 Å². The van der Waals surface area contributed by atoms with Crippen molar-refractivity contribution in [2.45, 2.75) is 6.61 Å². The number of hydrogen-bond donors (Lipinski definition) is 0.